The van der Waals surface area contributed by atoms with Crippen molar-refractivity contribution in [2.24, 2.45) is 0 Å². The van der Waals surface area contributed by atoms with Crippen LogP contribution < -0.4 is 5.32 Å². The monoisotopic (exact) mass is 327 g/mol. The first kappa shape index (κ1) is 19.0. The van der Waals surface area contributed by atoms with Gasteiger partial charge in [0.05, 0.1) is 0 Å². The van der Waals surface area contributed by atoms with Gasteiger partial charge in [0.15, 0.2) is 0 Å². The van der Waals surface area contributed by atoms with Gasteiger partial charge < -0.3 is 15.5 Å². The molecule has 2 rings (SSSR count). The number of aryl methyl sites for hydroxylation is 1. The minimum absolute atomic E-state index is 0.558. The number of carboxylic acids is 2. The van der Waals surface area contributed by atoms with E-state index >= 15 is 0 Å². The standard InChI is InChI=1S/C15H17N.C4H4O4/c1-12-7-6-10-15(13(12)2)16-11-14-8-4-3-5-9-14;5-3(6)1-2-4(7)8/h3-10,16H,11H2,1-2H3;1-2H,(H,5,6)(H,7,8)/b;2-1+. The van der Waals surface area contributed by atoms with Crippen LogP contribution in [0.3, 0.4) is 0 Å². The van der Waals surface area contributed by atoms with E-state index in [4.69, 9.17) is 10.2 Å². The van der Waals surface area contributed by atoms with Crippen molar-refractivity contribution in [1.29, 1.82) is 0 Å². The smallest absolute Gasteiger partial charge is 0.328 e. The first-order chi connectivity index (χ1) is 11.4. The van der Waals surface area contributed by atoms with Crippen molar-refractivity contribution in [3.63, 3.8) is 0 Å². The van der Waals surface area contributed by atoms with Crippen LogP contribution in [0.25, 0.3) is 0 Å². The SMILES string of the molecule is Cc1cccc(NCc2ccccc2)c1C.O=C(O)/C=C/C(=O)O. The van der Waals surface area contributed by atoms with Crippen molar-refractivity contribution >= 4 is 17.6 Å². The van der Waals surface area contributed by atoms with Gasteiger partial charge in [-0.2, -0.15) is 0 Å². The van der Waals surface area contributed by atoms with Gasteiger partial charge in [-0.15, -0.1) is 0 Å². The summed E-state index contributed by atoms with van der Waals surface area (Å²) in [4.78, 5) is 19.1. The molecule has 5 heteroatoms. The summed E-state index contributed by atoms with van der Waals surface area (Å²) in [6.07, 6.45) is 1.12. The van der Waals surface area contributed by atoms with Crippen LogP contribution in [0.4, 0.5) is 5.69 Å². The van der Waals surface area contributed by atoms with Gasteiger partial charge in [-0.3, -0.25) is 0 Å². The van der Waals surface area contributed by atoms with Gasteiger partial charge in [0.25, 0.3) is 0 Å². The van der Waals surface area contributed by atoms with Gasteiger partial charge in [0.2, 0.25) is 0 Å². The average molecular weight is 327 g/mol. The molecule has 0 aliphatic carbocycles. The lowest BCUT2D eigenvalue weighted by Crippen LogP contribution is -2.01. The zero-order valence-electron chi connectivity index (χ0n) is 13.7. The molecule has 0 amide bonds. The van der Waals surface area contributed by atoms with Crippen molar-refractivity contribution in [2.45, 2.75) is 20.4 Å². The lowest BCUT2D eigenvalue weighted by atomic mass is 10.1. The second-order valence-electron chi connectivity index (χ2n) is 5.10. The fourth-order valence-electron chi connectivity index (χ4n) is 1.88. The molecule has 5 nitrogen and oxygen atoms in total. The fraction of sp³-hybridized carbons (Fsp3) is 0.158. The molecule has 0 atom stereocenters. The van der Waals surface area contributed by atoms with E-state index in [2.05, 4.69) is 61.6 Å². The molecule has 0 aromatic heterocycles. The Morgan fingerprint density at radius 1 is 0.917 bits per heavy atom. The number of hydrogen-bond donors (Lipinski definition) is 3. The third-order valence-corrected chi connectivity index (χ3v) is 3.30. The maximum Gasteiger partial charge on any atom is 0.328 e. The van der Waals surface area contributed by atoms with Crippen LogP contribution in [0, 0.1) is 13.8 Å². The summed E-state index contributed by atoms with van der Waals surface area (Å²) in [5.41, 5.74) is 5.20. The van der Waals surface area contributed by atoms with Crippen LogP contribution in [0.15, 0.2) is 60.7 Å². The highest BCUT2D eigenvalue weighted by Crippen LogP contribution is 2.18. The maximum atomic E-state index is 9.55. The van der Waals surface area contributed by atoms with E-state index in [9.17, 15) is 9.59 Å². The molecule has 3 N–H and O–H groups in total. The van der Waals surface area contributed by atoms with E-state index in [-0.39, 0.29) is 0 Å². The number of nitrogens with one attached hydrogen (secondary N) is 1. The van der Waals surface area contributed by atoms with Crippen LogP contribution in [-0.2, 0) is 16.1 Å². The molecule has 0 saturated carbocycles. The second-order valence-corrected chi connectivity index (χ2v) is 5.10. The second kappa shape index (κ2) is 9.84. The van der Waals surface area contributed by atoms with Crippen molar-refractivity contribution < 1.29 is 19.8 Å². The predicted molar refractivity (Wildman–Crippen MR) is 94.1 cm³/mol. The van der Waals surface area contributed by atoms with Gasteiger partial charge in [-0.25, -0.2) is 9.59 Å². The molecule has 0 saturated heterocycles. The molecule has 24 heavy (non-hydrogen) atoms. The largest absolute Gasteiger partial charge is 0.478 e. The molecule has 0 bridgehead atoms. The predicted octanol–water partition coefficient (Wildman–Crippen LogP) is 3.63. The van der Waals surface area contributed by atoms with E-state index in [0.29, 0.717) is 12.2 Å². The number of rotatable bonds is 5. The van der Waals surface area contributed by atoms with Crippen LogP contribution in [0.2, 0.25) is 0 Å². The zero-order chi connectivity index (χ0) is 17.9. The number of anilines is 1. The summed E-state index contributed by atoms with van der Waals surface area (Å²) in [5, 5.41) is 19.1. The molecule has 0 unspecified atom stereocenters. The van der Waals surface area contributed by atoms with Crippen LogP contribution in [0.1, 0.15) is 16.7 Å². The Labute approximate surface area is 141 Å². The number of carbonyl (C=O) groups is 2. The third kappa shape index (κ3) is 7.26. The molecule has 0 aliphatic heterocycles. The highest BCUT2D eigenvalue weighted by molar-refractivity contribution is 5.89. The highest BCUT2D eigenvalue weighted by atomic mass is 16.4. The summed E-state index contributed by atoms with van der Waals surface area (Å²) < 4.78 is 0. The first-order valence-corrected chi connectivity index (χ1v) is 7.38. The van der Waals surface area contributed by atoms with Crippen molar-refractivity contribution in [2.75, 3.05) is 5.32 Å². The van der Waals surface area contributed by atoms with Gasteiger partial charge in [-0.05, 0) is 36.6 Å². The molecule has 0 radical (unpaired) electrons. The van der Waals surface area contributed by atoms with Crippen LogP contribution in [-0.4, -0.2) is 22.2 Å². The van der Waals surface area contributed by atoms with Crippen molar-refractivity contribution in [3.05, 3.63) is 77.4 Å². The van der Waals surface area contributed by atoms with Gasteiger partial charge in [0, 0.05) is 24.4 Å². The Kier molecular flexibility index (Phi) is 7.78. The molecule has 126 valence electrons. The first-order valence-electron chi connectivity index (χ1n) is 7.38. The van der Waals surface area contributed by atoms with Gasteiger partial charge >= 0.3 is 11.9 Å². The van der Waals surface area contributed by atoms with E-state index in [1.165, 1.54) is 22.4 Å². The molecule has 0 spiro atoms. The third-order valence-electron chi connectivity index (χ3n) is 3.30. The molecule has 0 fully saturated rings. The Balaban J connectivity index is 0.000000307. The molecular formula is C19H21NO4. The normalized spacial score (nSPS) is 9.92. The summed E-state index contributed by atoms with van der Waals surface area (Å²) in [6, 6.07) is 16.8. The molecule has 2 aromatic rings. The zero-order valence-corrected chi connectivity index (χ0v) is 13.7. The molecular weight excluding hydrogens is 306 g/mol. The maximum absolute atomic E-state index is 9.55. The van der Waals surface area contributed by atoms with Crippen molar-refractivity contribution in [1.82, 2.24) is 0 Å². The highest BCUT2D eigenvalue weighted by Gasteiger charge is 1.99. The minimum Gasteiger partial charge on any atom is -0.478 e. The Bertz CT molecular complexity index is 693. The molecule has 0 aliphatic rings. The Morgan fingerprint density at radius 2 is 1.50 bits per heavy atom. The summed E-state index contributed by atoms with van der Waals surface area (Å²) in [5.74, 6) is -2.51. The lowest BCUT2D eigenvalue weighted by molar-refractivity contribution is -0.134. The van der Waals surface area contributed by atoms with E-state index < -0.39 is 11.9 Å². The van der Waals surface area contributed by atoms with E-state index in [0.717, 1.165) is 6.54 Å². The summed E-state index contributed by atoms with van der Waals surface area (Å²) in [7, 11) is 0. The Morgan fingerprint density at radius 3 is 2.04 bits per heavy atom. The quantitative estimate of drug-likeness (QED) is 0.730. The number of aliphatic carboxylic acids is 2. The van der Waals surface area contributed by atoms with Gasteiger partial charge in [-0.1, -0.05) is 42.5 Å². The lowest BCUT2D eigenvalue weighted by Gasteiger charge is -2.11. The van der Waals surface area contributed by atoms with Gasteiger partial charge in [0.1, 0.15) is 0 Å². The fourth-order valence-corrected chi connectivity index (χ4v) is 1.88. The van der Waals surface area contributed by atoms with Crippen molar-refractivity contribution in [3.8, 4) is 0 Å². The van der Waals surface area contributed by atoms with Crippen LogP contribution >= 0.6 is 0 Å². The number of hydrogen-bond acceptors (Lipinski definition) is 3. The summed E-state index contributed by atoms with van der Waals surface area (Å²) in [6.45, 7) is 5.18. The number of benzene rings is 2. The van der Waals surface area contributed by atoms with Crippen LogP contribution in [0.5, 0.6) is 0 Å². The Hall–Kier alpha value is -3.08. The topological polar surface area (TPSA) is 86.6 Å². The number of carboxylic acid groups (broad SMARTS) is 2. The average Bonchev–Trinajstić information content (AvgIpc) is 2.56. The van der Waals surface area contributed by atoms with E-state index in [1.807, 2.05) is 6.07 Å². The van der Waals surface area contributed by atoms with E-state index in [1.54, 1.807) is 0 Å². The summed E-state index contributed by atoms with van der Waals surface area (Å²) >= 11 is 0. The molecule has 2 aromatic carbocycles. The molecule has 0 heterocycles. The minimum atomic E-state index is -1.26.